The van der Waals surface area contributed by atoms with E-state index in [-0.39, 0.29) is 0 Å². The molecule has 0 heterocycles. The summed E-state index contributed by atoms with van der Waals surface area (Å²) in [4.78, 5) is 2.03. The Kier molecular flexibility index (Phi) is 6.53. The van der Waals surface area contributed by atoms with Gasteiger partial charge in [-0.05, 0) is 24.8 Å². The molecule has 3 N–H and O–H groups in total. The summed E-state index contributed by atoms with van der Waals surface area (Å²) in [5.41, 5.74) is 9.25. The van der Waals surface area contributed by atoms with Gasteiger partial charge in [-0.1, -0.05) is 25.1 Å². The normalized spacial score (nSPS) is 11.7. The lowest BCUT2D eigenvalue weighted by Crippen LogP contribution is -2.15. The van der Waals surface area contributed by atoms with Crippen molar-refractivity contribution in [3.63, 3.8) is 0 Å². The van der Waals surface area contributed by atoms with Gasteiger partial charge in [0.15, 0.2) is 0 Å². The van der Waals surface area contributed by atoms with Crippen LogP contribution in [0.5, 0.6) is 0 Å². The summed E-state index contributed by atoms with van der Waals surface area (Å²) in [6.07, 6.45) is 7.16. The number of nitrogens with one attached hydrogen (secondary N) is 3. The van der Waals surface area contributed by atoms with E-state index in [1.807, 2.05) is 44.4 Å². The van der Waals surface area contributed by atoms with Gasteiger partial charge in [-0.2, -0.15) is 0 Å². The Hall–Kier alpha value is -1.94. The molecular formula is C15H24N4. The number of rotatable bonds is 7. The van der Waals surface area contributed by atoms with Crippen LogP contribution in [0.2, 0.25) is 0 Å². The van der Waals surface area contributed by atoms with E-state index in [1.165, 1.54) is 0 Å². The van der Waals surface area contributed by atoms with Crippen LogP contribution in [0.1, 0.15) is 18.9 Å². The number of hydrogen-bond acceptors (Lipinski definition) is 4. The molecule has 0 aliphatic rings. The van der Waals surface area contributed by atoms with Crippen molar-refractivity contribution in [2.45, 2.75) is 13.3 Å². The van der Waals surface area contributed by atoms with E-state index in [0.717, 1.165) is 23.4 Å². The Morgan fingerprint density at radius 3 is 2.74 bits per heavy atom. The highest BCUT2D eigenvalue weighted by molar-refractivity contribution is 5.67. The van der Waals surface area contributed by atoms with E-state index in [1.54, 1.807) is 0 Å². The zero-order valence-electron chi connectivity index (χ0n) is 12.2. The van der Waals surface area contributed by atoms with Crippen LogP contribution in [0.4, 0.5) is 5.69 Å². The Labute approximate surface area is 116 Å². The van der Waals surface area contributed by atoms with E-state index in [4.69, 9.17) is 0 Å². The molecule has 0 aromatic heterocycles. The van der Waals surface area contributed by atoms with E-state index in [9.17, 15) is 0 Å². The van der Waals surface area contributed by atoms with E-state index in [0.29, 0.717) is 0 Å². The number of anilines is 1. The lowest BCUT2D eigenvalue weighted by molar-refractivity contribution is 0.563. The molecule has 0 amide bonds. The minimum absolute atomic E-state index is 1.02. The molecule has 0 bridgehead atoms. The second kappa shape index (κ2) is 8.21. The second-order valence-electron chi connectivity index (χ2n) is 4.42. The second-order valence-corrected chi connectivity index (χ2v) is 4.42. The van der Waals surface area contributed by atoms with Crippen molar-refractivity contribution in [2.75, 3.05) is 26.6 Å². The molecule has 0 spiro atoms. The van der Waals surface area contributed by atoms with E-state index >= 15 is 0 Å². The molecule has 1 rings (SSSR count). The topological polar surface area (TPSA) is 39.3 Å². The maximum Gasteiger partial charge on any atom is 0.0615 e. The Morgan fingerprint density at radius 1 is 1.32 bits per heavy atom. The molecule has 104 valence electrons. The SMILES string of the molecule is CC/C=C\N/C(=C\N(C)C)c1cccc(NNC)c1. The van der Waals surface area contributed by atoms with Crippen molar-refractivity contribution in [3.05, 3.63) is 48.3 Å². The molecular weight excluding hydrogens is 236 g/mol. The predicted octanol–water partition coefficient (Wildman–Crippen LogP) is 2.61. The fraction of sp³-hybridized carbons (Fsp3) is 0.333. The van der Waals surface area contributed by atoms with Gasteiger partial charge in [-0.15, -0.1) is 0 Å². The maximum atomic E-state index is 3.33. The fourth-order valence-electron chi connectivity index (χ4n) is 1.63. The average molecular weight is 260 g/mol. The first kappa shape index (κ1) is 15.1. The Morgan fingerprint density at radius 2 is 2.11 bits per heavy atom. The van der Waals surface area contributed by atoms with Gasteiger partial charge < -0.3 is 15.6 Å². The van der Waals surface area contributed by atoms with Gasteiger partial charge in [0.05, 0.1) is 5.70 Å². The molecule has 0 saturated heterocycles. The first-order chi connectivity index (χ1) is 9.17. The van der Waals surface area contributed by atoms with Crippen LogP contribution in [0.25, 0.3) is 5.70 Å². The predicted molar refractivity (Wildman–Crippen MR) is 83.4 cm³/mol. The number of nitrogens with zero attached hydrogens (tertiary/aromatic N) is 1. The Balaban J connectivity index is 2.96. The van der Waals surface area contributed by atoms with Gasteiger partial charge in [0, 0.05) is 38.6 Å². The molecule has 1 aromatic carbocycles. The van der Waals surface area contributed by atoms with Crippen LogP contribution in [0, 0.1) is 0 Å². The van der Waals surface area contributed by atoms with Gasteiger partial charge in [0.1, 0.15) is 0 Å². The minimum atomic E-state index is 1.02. The quantitative estimate of drug-likeness (QED) is 0.659. The molecule has 0 radical (unpaired) electrons. The third-order valence-corrected chi connectivity index (χ3v) is 2.42. The zero-order chi connectivity index (χ0) is 14.1. The third-order valence-electron chi connectivity index (χ3n) is 2.42. The maximum absolute atomic E-state index is 3.33. The smallest absolute Gasteiger partial charge is 0.0615 e. The van der Waals surface area contributed by atoms with Crippen LogP contribution in [0.3, 0.4) is 0 Å². The Bertz CT molecular complexity index is 436. The van der Waals surface area contributed by atoms with Gasteiger partial charge >= 0.3 is 0 Å². The number of hydrogen-bond donors (Lipinski definition) is 3. The van der Waals surface area contributed by atoms with Crippen molar-refractivity contribution in [1.29, 1.82) is 0 Å². The number of hydrazine groups is 1. The summed E-state index contributed by atoms with van der Waals surface area (Å²) in [5, 5.41) is 3.33. The molecule has 0 fully saturated rings. The molecule has 0 aliphatic heterocycles. The summed E-state index contributed by atoms with van der Waals surface area (Å²) >= 11 is 0. The van der Waals surface area contributed by atoms with Gasteiger partial charge in [-0.25, -0.2) is 5.43 Å². The van der Waals surface area contributed by atoms with Crippen molar-refractivity contribution < 1.29 is 0 Å². The van der Waals surface area contributed by atoms with Crippen molar-refractivity contribution in [3.8, 4) is 0 Å². The minimum Gasteiger partial charge on any atom is -0.382 e. The number of allylic oxidation sites excluding steroid dienone is 1. The summed E-state index contributed by atoms with van der Waals surface area (Å²) < 4.78 is 0. The first-order valence-electron chi connectivity index (χ1n) is 6.50. The van der Waals surface area contributed by atoms with E-state index in [2.05, 4.69) is 47.5 Å². The third kappa shape index (κ3) is 5.48. The average Bonchev–Trinajstić information content (AvgIpc) is 2.38. The molecule has 19 heavy (non-hydrogen) atoms. The largest absolute Gasteiger partial charge is 0.382 e. The lowest BCUT2D eigenvalue weighted by atomic mass is 10.1. The molecule has 4 nitrogen and oxygen atoms in total. The number of benzene rings is 1. The zero-order valence-corrected chi connectivity index (χ0v) is 12.2. The highest BCUT2D eigenvalue weighted by Gasteiger charge is 2.01. The lowest BCUT2D eigenvalue weighted by Gasteiger charge is -2.14. The molecule has 0 saturated carbocycles. The summed E-state index contributed by atoms with van der Waals surface area (Å²) in [5.74, 6) is 0. The van der Waals surface area contributed by atoms with Gasteiger partial charge in [-0.3, -0.25) is 0 Å². The van der Waals surface area contributed by atoms with Crippen LogP contribution in [0.15, 0.2) is 42.7 Å². The van der Waals surface area contributed by atoms with Crippen LogP contribution < -0.4 is 16.2 Å². The van der Waals surface area contributed by atoms with Gasteiger partial charge in [0.2, 0.25) is 0 Å². The molecule has 0 aliphatic carbocycles. The van der Waals surface area contributed by atoms with Crippen molar-refractivity contribution in [2.24, 2.45) is 0 Å². The molecule has 0 atom stereocenters. The molecule has 4 heteroatoms. The van der Waals surface area contributed by atoms with Crippen molar-refractivity contribution in [1.82, 2.24) is 15.6 Å². The monoisotopic (exact) mass is 260 g/mol. The van der Waals surface area contributed by atoms with Crippen LogP contribution in [-0.2, 0) is 0 Å². The molecule has 1 aromatic rings. The standard InChI is InChI=1S/C15H24N4/c1-5-6-10-17-15(12-19(3)4)13-8-7-9-14(11-13)18-16-2/h6-12,16-18H,5H2,1-4H3/b10-6-,15-12-. The van der Waals surface area contributed by atoms with Crippen molar-refractivity contribution >= 4 is 11.4 Å². The summed E-state index contributed by atoms with van der Waals surface area (Å²) in [6, 6.07) is 8.24. The van der Waals surface area contributed by atoms with Gasteiger partial charge in [0.25, 0.3) is 0 Å². The summed E-state index contributed by atoms with van der Waals surface area (Å²) in [6.45, 7) is 2.12. The fourth-order valence-corrected chi connectivity index (χ4v) is 1.63. The van der Waals surface area contributed by atoms with E-state index < -0.39 is 0 Å². The first-order valence-corrected chi connectivity index (χ1v) is 6.50. The highest BCUT2D eigenvalue weighted by atomic mass is 15.3. The summed E-state index contributed by atoms with van der Waals surface area (Å²) in [7, 11) is 5.88. The highest BCUT2D eigenvalue weighted by Crippen LogP contribution is 2.16. The molecule has 0 unspecified atom stereocenters. The van der Waals surface area contributed by atoms with Crippen LogP contribution >= 0.6 is 0 Å². The van der Waals surface area contributed by atoms with Crippen LogP contribution in [-0.4, -0.2) is 26.0 Å².